The summed E-state index contributed by atoms with van der Waals surface area (Å²) in [7, 11) is 0. The molecule has 2 aliphatic rings. The first-order valence-corrected chi connectivity index (χ1v) is 7.22. The van der Waals surface area contributed by atoms with Gasteiger partial charge in [0.2, 0.25) is 0 Å². The van der Waals surface area contributed by atoms with E-state index in [-0.39, 0.29) is 11.8 Å². The molecule has 2 nitrogen and oxygen atoms in total. The third-order valence-corrected chi connectivity index (χ3v) is 4.37. The predicted molar refractivity (Wildman–Crippen MR) is 73.0 cm³/mol. The summed E-state index contributed by atoms with van der Waals surface area (Å²) in [5.74, 6) is 0.993. The van der Waals surface area contributed by atoms with Gasteiger partial charge in [0.05, 0.1) is 6.04 Å². The Morgan fingerprint density at radius 2 is 2.00 bits per heavy atom. The van der Waals surface area contributed by atoms with Crippen LogP contribution in [0.1, 0.15) is 60.4 Å². The first-order chi connectivity index (χ1) is 8.84. The SMILES string of the molecule is O=C(c1cccc(C2CCC2)c1)C1CCCCN1. The molecule has 0 spiro atoms. The number of nitrogens with one attached hydrogen (secondary N) is 1. The minimum atomic E-state index is 0.0513. The second-order valence-corrected chi connectivity index (χ2v) is 5.62. The van der Waals surface area contributed by atoms with Crippen LogP contribution in [-0.2, 0) is 0 Å². The molecule has 0 radical (unpaired) electrons. The Hall–Kier alpha value is -1.15. The smallest absolute Gasteiger partial charge is 0.179 e. The monoisotopic (exact) mass is 243 g/mol. The van der Waals surface area contributed by atoms with Crippen molar-refractivity contribution in [2.24, 2.45) is 0 Å². The molecule has 18 heavy (non-hydrogen) atoms. The van der Waals surface area contributed by atoms with E-state index in [1.54, 1.807) is 0 Å². The molecule has 1 saturated heterocycles. The Bertz CT molecular complexity index is 430. The lowest BCUT2D eigenvalue weighted by Crippen LogP contribution is -2.40. The lowest BCUT2D eigenvalue weighted by molar-refractivity contribution is 0.0927. The fraction of sp³-hybridized carbons (Fsp3) is 0.562. The van der Waals surface area contributed by atoms with Crippen LogP contribution >= 0.6 is 0 Å². The molecule has 2 fully saturated rings. The third kappa shape index (κ3) is 2.35. The van der Waals surface area contributed by atoms with E-state index >= 15 is 0 Å². The highest BCUT2D eigenvalue weighted by Crippen LogP contribution is 2.36. The van der Waals surface area contributed by atoms with Gasteiger partial charge in [-0.25, -0.2) is 0 Å². The van der Waals surface area contributed by atoms with Crippen LogP contribution in [0.5, 0.6) is 0 Å². The number of carbonyl (C=O) groups excluding carboxylic acids is 1. The van der Waals surface area contributed by atoms with Crippen LogP contribution in [0.4, 0.5) is 0 Å². The number of carbonyl (C=O) groups is 1. The Labute approximate surface area is 109 Å². The van der Waals surface area contributed by atoms with E-state index in [1.807, 2.05) is 12.1 Å². The summed E-state index contributed by atoms with van der Waals surface area (Å²) in [6.45, 7) is 0.985. The van der Waals surface area contributed by atoms with Gasteiger partial charge in [-0.3, -0.25) is 4.79 Å². The quantitative estimate of drug-likeness (QED) is 0.825. The van der Waals surface area contributed by atoms with E-state index in [0.29, 0.717) is 5.92 Å². The van der Waals surface area contributed by atoms with Gasteiger partial charge < -0.3 is 5.32 Å². The van der Waals surface area contributed by atoms with Crippen LogP contribution in [0.3, 0.4) is 0 Å². The van der Waals surface area contributed by atoms with Crippen molar-refractivity contribution in [2.75, 3.05) is 6.54 Å². The van der Waals surface area contributed by atoms with E-state index in [0.717, 1.165) is 18.5 Å². The Morgan fingerprint density at radius 1 is 1.11 bits per heavy atom. The molecule has 1 unspecified atom stereocenters. The first kappa shape index (κ1) is 11.9. The zero-order valence-corrected chi connectivity index (χ0v) is 10.8. The van der Waals surface area contributed by atoms with Gasteiger partial charge >= 0.3 is 0 Å². The third-order valence-electron chi connectivity index (χ3n) is 4.37. The molecular weight excluding hydrogens is 222 g/mol. The van der Waals surface area contributed by atoms with Gasteiger partial charge in [0, 0.05) is 5.56 Å². The van der Waals surface area contributed by atoms with Crippen molar-refractivity contribution >= 4 is 5.78 Å². The fourth-order valence-corrected chi connectivity index (χ4v) is 2.96. The molecule has 3 rings (SSSR count). The summed E-state index contributed by atoms with van der Waals surface area (Å²) in [6, 6.07) is 8.37. The highest BCUT2D eigenvalue weighted by atomic mass is 16.1. The molecular formula is C16H21NO. The largest absolute Gasteiger partial charge is 0.307 e. The molecule has 1 N–H and O–H groups in total. The molecule has 0 amide bonds. The van der Waals surface area contributed by atoms with E-state index in [4.69, 9.17) is 0 Å². The van der Waals surface area contributed by atoms with Crippen LogP contribution in [-0.4, -0.2) is 18.4 Å². The molecule has 0 aromatic heterocycles. The van der Waals surface area contributed by atoms with E-state index < -0.39 is 0 Å². The van der Waals surface area contributed by atoms with Crippen molar-refractivity contribution in [3.63, 3.8) is 0 Å². The maximum atomic E-state index is 12.4. The normalized spacial score (nSPS) is 24.6. The molecule has 96 valence electrons. The molecule has 1 aromatic carbocycles. The van der Waals surface area contributed by atoms with Crippen molar-refractivity contribution in [1.82, 2.24) is 5.32 Å². The zero-order chi connectivity index (χ0) is 12.4. The molecule has 1 atom stereocenters. The maximum absolute atomic E-state index is 12.4. The summed E-state index contributed by atoms with van der Waals surface area (Å²) < 4.78 is 0. The Kier molecular flexibility index (Phi) is 3.46. The lowest BCUT2D eigenvalue weighted by atomic mass is 9.79. The standard InChI is InChI=1S/C16H21NO/c18-16(15-9-1-2-10-17-15)14-8-4-7-13(11-14)12-5-3-6-12/h4,7-8,11-12,15,17H,1-3,5-6,9-10H2. The van der Waals surface area contributed by atoms with E-state index in [9.17, 15) is 4.79 Å². The molecule has 2 heteroatoms. The first-order valence-electron chi connectivity index (χ1n) is 7.22. The number of Topliss-reactive ketones (excluding diaryl/α,β-unsaturated/α-hetero) is 1. The van der Waals surface area contributed by atoms with Crippen molar-refractivity contribution in [1.29, 1.82) is 0 Å². The minimum absolute atomic E-state index is 0.0513. The van der Waals surface area contributed by atoms with E-state index in [1.165, 1.54) is 37.7 Å². The van der Waals surface area contributed by atoms with Crippen molar-refractivity contribution in [2.45, 2.75) is 50.5 Å². The summed E-state index contributed by atoms with van der Waals surface area (Å²) in [4.78, 5) is 12.4. The topological polar surface area (TPSA) is 29.1 Å². The molecule has 1 aromatic rings. The van der Waals surface area contributed by atoms with Gasteiger partial charge in [0.25, 0.3) is 0 Å². The summed E-state index contributed by atoms with van der Waals surface area (Å²) >= 11 is 0. The van der Waals surface area contributed by atoms with Gasteiger partial charge in [0.15, 0.2) is 5.78 Å². The van der Waals surface area contributed by atoms with Gasteiger partial charge in [0.1, 0.15) is 0 Å². The fourth-order valence-electron chi connectivity index (χ4n) is 2.96. The number of benzene rings is 1. The average molecular weight is 243 g/mol. The number of ketones is 1. The van der Waals surface area contributed by atoms with Crippen LogP contribution in [0.15, 0.2) is 24.3 Å². The van der Waals surface area contributed by atoms with Crippen molar-refractivity contribution < 1.29 is 4.79 Å². The number of hydrogen-bond donors (Lipinski definition) is 1. The highest BCUT2D eigenvalue weighted by Gasteiger charge is 2.24. The van der Waals surface area contributed by atoms with Gasteiger partial charge in [-0.1, -0.05) is 31.0 Å². The molecule has 1 aliphatic carbocycles. The molecule has 1 heterocycles. The number of piperidine rings is 1. The Morgan fingerprint density at radius 3 is 2.67 bits per heavy atom. The maximum Gasteiger partial charge on any atom is 0.179 e. The number of hydrogen-bond acceptors (Lipinski definition) is 2. The van der Waals surface area contributed by atoms with Crippen molar-refractivity contribution in [3.8, 4) is 0 Å². The minimum Gasteiger partial charge on any atom is -0.307 e. The van der Waals surface area contributed by atoms with Gasteiger partial charge in [-0.05, 0) is 49.8 Å². The van der Waals surface area contributed by atoms with Crippen LogP contribution < -0.4 is 5.32 Å². The second-order valence-electron chi connectivity index (χ2n) is 5.62. The summed E-state index contributed by atoms with van der Waals surface area (Å²) in [5, 5.41) is 3.34. The van der Waals surface area contributed by atoms with Crippen LogP contribution in [0.25, 0.3) is 0 Å². The summed E-state index contributed by atoms with van der Waals surface area (Å²) in [5.41, 5.74) is 2.27. The zero-order valence-electron chi connectivity index (χ0n) is 10.8. The average Bonchev–Trinajstić information content (AvgIpc) is 2.37. The van der Waals surface area contributed by atoms with Crippen LogP contribution in [0, 0.1) is 0 Å². The highest BCUT2D eigenvalue weighted by molar-refractivity contribution is 6.00. The van der Waals surface area contributed by atoms with E-state index in [2.05, 4.69) is 17.4 Å². The van der Waals surface area contributed by atoms with Gasteiger partial charge in [-0.2, -0.15) is 0 Å². The molecule has 1 aliphatic heterocycles. The summed E-state index contributed by atoms with van der Waals surface area (Å²) in [6.07, 6.45) is 7.29. The second kappa shape index (κ2) is 5.23. The molecule has 0 bridgehead atoms. The van der Waals surface area contributed by atoms with Crippen LogP contribution in [0.2, 0.25) is 0 Å². The van der Waals surface area contributed by atoms with Gasteiger partial charge in [-0.15, -0.1) is 0 Å². The Balaban J connectivity index is 1.75. The van der Waals surface area contributed by atoms with Crippen molar-refractivity contribution in [3.05, 3.63) is 35.4 Å². The predicted octanol–water partition coefficient (Wildman–Crippen LogP) is 3.28. The lowest BCUT2D eigenvalue weighted by Gasteiger charge is -2.27. The molecule has 1 saturated carbocycles. The number of rotatable bonds is 3.